The maximum Gasteiger partial charge on any atom is 0.262 e. The molecule has 136 valence electrons. The topological polar surface area (TPSA) is 44.1 Å². The molecule has 0 amide bonds. The molecule has 4 nitrogen and oxygen atoms in total. The molecular weight excluding hydrogens is 368 g/mol. The molecule has 0 unspecified atom stereocenters. The van der Waals surface area contributed by atoms with E-state index in [9.17, 15) is 4.79 Å². The molecule has 26 heavy (non-hydrogen) atoms. The number of thioether (sulfide) groups is 1. The van der Waals surface area contributed by atoms with Gasteiger partial charge in [-0.3, -0.25) is 9.36 Å². The van der Waals surface area contributed by atoms with Crippen LogP contribution in [-0.4, -0.2) is 21.9 Å². The third-order valence-corrected chi connectivity index (χ3v) is 5.11. The predicted octanol–water partition coefficient (Wildman–Crippen LogP) is 4.94. The van der Waals surface area contributed by atoms with Crippen LogP contribution in [0.25, 0.3) is 10.9 Å². The summed E-state index contributed by atoms with van der Waals surface area (Å²) in [6.07, 6.45) is 0.869. The van der Waals surface area contributed by atoms with E-state index in [1.54, 1.807) is 22.8 Å². The molecule has 0 aliphatic carbocycles. The highest BCUT2D eigenvalue weighted by Crippen LogP contribution is 2.21. The maximum atomic E-state index is 12.8. The van der Waals surface area contributed by atoms with E-state index >= 15 is 0 Å². The number of fused-ring (bicyclic) bond motifs is 1. The van der Waals surface area contributed by atoms with Crippen molar-refractivity contribution in [1.82, 2.24) is 9.55 Å². The first-order chi connectivity index (χ1) is 12.6. The van der Waals surface area contributed by atoms with Gasteiger partial charge in [-0.2, -0.15) is 0 Å². The second-order valence-electron chi connectivity index (χ2n) is 6.02. The Kier molecular flexibility index (Phi) is 6.22. The first-order valence-electron chi connectivity index (χ1n) is 8.61. The molecule has 0 bridgehead atoms. The van der Waals surface area contributed by atoms with Gasteiger partial charge in [0.05, 0.1) is 17.5 Å². The van der Waals surface area contributed by atoms with E-state index in [-0.39, 0.29) is 5.56 Å². The Morgan fingerprint density at radius 2 is 1.96 bits per heavy atom. The normalized spacial score (nSPS) is 11.0. The third kappa shape index (κ3) is 4.40. The Hall–Kier alpha value is -1.98. The highest BCUT2D eigenvalue weighted by molar-refractivity contribution is 7.99. The minimum absolute atomic E-state index is 0.0181. The van der Waals surface area contributed by atoms with E-state index in [4.69, 9.17) is 16.3 Å². The fourth-order valence-electron chi connectivity index (χ4n) is 2.63. The van der Waals surface area contributed by atoms with Gasteiger partial charge >= 0.3 is 0 Å². The number of hydrogen-bond donors (Lipinski definition) is 0. The van der Waals surface area contributed by atoms with Crippen molar-refractivity contribution in [3.8, 4) is 5.75 Å². The number of hydrogen-bond acceptors (Lipinski definition) is 4. The summed E-state index contributed by atoms with van der Waals surface area (Å²) in [7, 11) is 0. The first-order valence-corrected chi connectivity index (χ1v) is 9.97. The van der Waals surface area contributed by atoms with Crippen molar-refractivity contribution in [2.45, 2.75) is 32.0 Å². The lowest BCUT2D eigenvalue weighted by molar-refractivity contribution is 0.343. The SMILES string of the molecule is CCCn1c(SCCOc2ccc(C)cc2)nc2cc(Cl)ccc2c1=O. The maximum absolute atomic E-state index is 12.8. The Balaban J connectivity index is 1.76. The van der Waals surface area contributed by atoms with Crippen LogP contribution in [0.2, 0.25) is 5.02 Å². The second-order valence-corrected chi connectivity index (χ2v) is 7.52. The molecule has 1 heterocycles. The van der Waals surface area contributed by atoms with E-state index in [1.165, 1.54) is 17.3 Å². The van der Waals surface area contributed by atoms with E-state index in [1.807, 2.05) is 38.1 Å². The molecule has 0 saturated heterocycles. The smallest absolute Gasteiger partial charge is 0.262 e. The summed E-state index contributed by atoms with van der Waals surface area (Å²) < 4.78 is 7.51. The van der Waals surface area contributed by atoms with Gasteiger partial charge in [0.25, 0.3) is 5.56 Å². The Morgan fingerprint density at radius 1 is 1.19 bits per heavy atom. The van der Waals surface area contributed by atoms with Crippen molar-refractivity contribution in [1.29, 1.82) is 0 Å². The number of ether oxygens (including phenoxy) is 1. The highest BCUT2D eigenvalue weighted by atomic mass is 35.5. The van der Waals surface area contributed by atoms with E-state index in [0.717, 1.165) is 12.2 Å². The molecule has 0 radical (unpaired) electrons. The number of benzene rings is 2. The van der Waals surface area contributed by atoms with Crippen LogP contribution in [0.1, 0.15) is 18.9 Å². The molecule has 0 fully saturated rings. The molecule has 0 aliphatic rings. The molecule has 3 rings (SSSR count). The van der Waals surface area contributed by atoms with Crippen molar-refractivity contribution in [2.24, 2.45) is 0 Å². The lowest BCUT2D eigenvalue weighted by atomic mass is 10.2. The summed E-state index contributed by atoms with van der Waals surface area (Å²) in [6.45, 7) is 5.28. The van der Waals surface area contributed by atoms with Gasteiger partial charge in [0.2, 0.25) is 0 Å². The van der Waals surface area contributed by atoms with E-state index in [2.05, 4.69) is 4.98 Å². The van der Waals surface area contributed by atoms with E-state index in [0.29, 0.717) is 40.0 Å². The average Bonchev–Trinajstić information content (AvgIpc) is 2.63. The number of halogens is 1. The zero-order chi connectivity index (χ0) is 18.5. The lowest BCUT2D eigenvalue weighted by Crippen LogP contribution is -2.23. The van der Waals surface area contributed by atoms with Crippen LogP contribution < -0.4 is 10.3 Å². The molecule has 0 spiro atoms. The van der Waals surface area contributed by atoms with Gasteiger partial charge in [-0.1, -0.05) is 48.0 Å². The molecule has 0 aliphatic heterocycles. The summed E-state index contributed by atoms with van der Waals surface area (Å²) in [5, 5.41) is 1.89. The van der Waals surface area contributed by atoms with Crippen LogP contribution in [-0.2, 0) is 6.54 Å². The fraction of sp³-hybridized carbons (Fsp3) is 0.300. The number of aryl methyl sites for hydroxylation is 1. The Bertz CT molecular complexity index is 954. The van der Waals surface area contributed by atoms with Gasteiger partial charge in [0, 0.05) is 17.3 Å². The van der Waals surface area contributed by atoms with Crippen molar-refractivity contribution >= 4 is 34.3 Å². The van der Waals surface area contributed by atoms with Crippen molar-refractivity contribution in [2.75, 3.05) is 12.4 Å². The average molecular weight is 389 g/mol. The zero-order valence-corrected chi connectivity index (χ0v) is 16.4. The van der Waals surface area contributed by atoms with Crippen LogP contribution in [0.4, 0.5) is 0 Å². The van der Waals surface area contributed by atoms with Crippen LogP contribution in [0, 0.1) is 6.92 Å². The molecule has 2 aromatic carbocycles. The second kappa shape index (κ2) is 8.60. The number of rotatable bonds is 7. The first kappa shape index (κ1) is 18.8. The van der Waals surface area contributed by atoms with E-state index < -0.39 is 0 Å². The van der Waals surface area contributed by atoms with Gasteiger partial charge in [-0.25, -0.2) is 4.98 Å². The number of aromatic nitrogens is 2. The molecule has 0 N–H and O–H groups in total. The monoisotopic (exact) mass is 388 g/mol. The standard InChI is InChI=1S/C20H21ClN2O2S/c1-3-10-23-19(24)17-9-6-15(21)13-18(17)22-20(23)26-12-11-25-16-7-4-14(2)5-8-16/h4-9,13H,3,10-12H2,1-2H3. The van der Waals surface area contributed by atoms with Crippen molar-refractivity contribution in [3.05, 3.63) is 63.4 Å². The molecular formula is C20H21ClN2O2S. The number of nitrogens with zero attached hydrogens (tertiary/aromatic N) is 2. The minimum atomic E-state index is -0.0181. The lowest BCUT2D eigenvalue weighted by Gasteiger charge is -2.12. The zero-order valence-electron chi connectivity index (χ0n) is 14.9. The summed E-state index contributed by atoms with van der Waals surface area (Å²) in [6, 6.07) is 13.2. The van der Waals surface area contributed by atoms with Crippen LogP contribution in [0.5, 0.6) is 5.75 Å². The molecule has 6 heteroatoms. The third-order valence-electron chi connectivity index (χ3n) is 3.93. The summed E-state index contributed by atoms with van der Waals surface area (Å²) in [4.78, 5) is 17.4. The van der Waals surface area contributed by atoms with Crippen LogP contribution in [0.15, 0.2) is 52.4 Å². The summed E-state index contributed by atoms with van der Waals surface area (Å²) in [5.74, 6) is 1.55. The molecule has 0 saturated carbocycles. The predicted molar refractivity (Wildman–Crippen MR) is 109 cm³/mol. The van der Waals surface area contributed by atoms with Crippen molar-refractivity contribution in [3.63, 3.8) is 0 Å². The largest absolute Gasteiger partial charge is 0.493 e. The van der Waals surface area contributed by atoms with Gasteiger partial charge in [-0.05, 0) is 43.7 Å². The minimum Gasteiger partial charge on any atom is -0.493 e. The molecule has 3 aromatic rings. The van der Waals surface area contributed by atoms with Gasteiger partial charge in [0.15, 0.2) is 5.16 Å². The van der Waals surface area contributed by atoms with Crippen LogP contribution >= 0.6 is 23.4 Å². The van der Waals surface area contributed by atoms with Crippen LogP contribution in [0.3, 0.4) is 0 Å². The molecule has 1 aromatic heterocycles. The summed E-state index contributed by atoms with van der Waals surface area (Å²) >= 11 is 7.58. The Morgan fingerprint density at radius 3 is 2.69 bits per heavy atom. The van der Waals surface area contributed by atoms with Crippen molar-refractivity contribution < 1.29 is 4.74 Å². The van der Waals surface area contributed by atoms with Gasteiger partial charge < -0.3 is 4.74 Å². The fourth-order valence-corrected chi connectivity index (χ4v) is 3.64. The van der Waals surface area contributed by atoms with Gasteiger partial charge in [0.1, 0.15) is 5.75 Å². The highest BCUT2D eigenvalue weighted by Gasteiger charge is 2.11. The molecule has 0 atom stereocenters. The summed E-state index contributed by atoms with van der Waals surface area (Å²) in [5.41, 5.74) is 1.82. The van der Waals surface area contributed by atoms with Gasteiger partial charge in [-0.15, -0.1) is 0 Å². The Labute approximate surface area is 162 Å². The quantitative estimate of drug-likeness (QED) is 0.326.